The Kier molecular flexibility index (Phi) is 6.61. The van der Waals surface area contributed by atoms with Crippen molar-refractivity contribution in [1.29, 1.82) is 0 Å². The van der Waals surface area contributed by atoms with Gasteiger partial charge in [0, 0.05) is 23.3 Å². The maximum atomic E-state index is 13.0. The molecular weight excluding hydrogens is 427 g/mol. The van der Waals surface area contributed by atoms with Crippen LogP contribution in [0.25, 0.3) is 0 Å². The SMILES string of the molecule is C[C@H](Oc1ccc(C(=O)c2ccc(F)cc2)cc1)C(=O)Nc1ccc([N+](=O)[O-])cc1Cl. The number of ketones is 1. The number of benzene rings is 3. The molecule has 1 atom stereocenters. The Morgan fingerprint density at radius 3 is 2.16 bits per heavy atom. The number of nitrogens with one attached hydrogen (secondary N) is 1. The lowest BCUT2D eigenvalue weighted by atomic mass is 10.0. The fourth-order valence-corrected chi connectivity index (χ4v) is 2.89. The Balaban J connectivity index is 1.63. The predicted molar refractivity (Wildman–Crippen MR) is 113 cm³/mol. The molecule has 0 aromatic heterocycles. The van der Waals surface area contributed by atoms with Gasteiger partial charge in [-0.3, -0.25) is 19.7 Å². The van der Waals surface area contributed by atoms with E-state index in [0.717, 1.165) is 6.07 Å². The third-order valence-electron chi connectivity index (χ3n) is 4.33. The number of non-ortho nitro benzene ring substituents is 1. The first-order valence-electron chi connectivity index (χ1n) is 9.06. The summed E-state index contributed by atoms with van der Waals surface area (Å²) in [6.07, 6.45) is -0.912. The van der Waals surface area contributed by atoms with Gasteiger partial charge in [-0.1, -0.05) is 11.6 Å². The topological polar surface area (TPSA) is 98.5 Å². The van der Waals surface area contributed by atoms with Crippen LogP contribution in [0.1, 0.15) is 22.8 Å². The van der Waals surface area contributed by atoms with Crippen molar-refractivity contribution in [2.45, 2.75) is 13.0 Å². The molecule has 3 aromatic carbocycles. The molecule has 158 valence electrons. The van der Waals surface area contributed by atoms with Gasteiger partial charge >= 0.3 is 0 Å². The van der Waals surface area contributed by atoms with Gasteiger partial charge in [-0.05, 0) is 61.5 Å². The number of anilines is 1. The van der Waals surface area contributed by atoms with Crippen LogP contribution in [0.4, 0.5) is 15.8 Å². The summed E-state index contributed by atoms with van der Waals surface area (Å²) in [7, 11) is 0. The van der Waals surface area contributed by atoms with E-state index in [2.05, 4.69) is 5.32 Å². The zero-order chi connectivity index (χ0) is 22.5. The van der Waals surface area contributed by atoms with Crippen LogP contribution >= 0.6 is 11.6 Å². The zero-order valence-corrected chi connectivity index (χ0v) is 16.9. The maximum Gasteiger partial charge on any atom is 0.271 e. The number of carbonyl (C=O) groups excluding carboxylic acids is 2. The minimum absolute atomic E-state index is 0.0263. The number of hydrogen-bond acceptors (Lipinski definition) is 5. The predicted octanol–water partition coefficient (Wildman–Crippen LogP) is 5.02. The molecule has 7 nitrogen and oxygen atoms in total. The molecule has 3 rings (SSSR count). The summed E-state index contributed by atoms with van der Waals surface area (Å²) in [6, 6.07) is 15.1. The minimum Gasteiger partial charge on any atom is -0.481 e. The monoisotopic (exact) mass is 442 g/mol. The van der Waals surface area contributed by atoms with E-state index in [1.54, 1.807) is 24.3 Å². The number of rotatable bonds is 7. The van der Waals surface area contributed by atoms with Crippen molar-refractivity contribution < 1.29 is 23.6 Å². The molecule has 0 spiro atoms. The highest BCUT2D eigenvalue weighted by Crippen LogP contribution is 2.27. The molecule has 3 aromatic rings. The fourth-order valence-electron chi connectivity index (χ4n) is 2.66. The number of carbonyl (C=O) groups is 2. The number of ether oxygens (including phenoxy) is 1. The Bertz CT molecular complexity index is 1130. The first-order valence-corrected chi connectivity index (χ1v) is 9.44. The first-order chi connectivity index (χ1) is 14.7. The molecule has 31 heavy (non-hydrogen) atoms. The van der Waals surface area contributed by atoms with Gasteiger partial charge < -0.3 is 10.1 Å². The Morgan fingerprint density at radius 2 is 1.61 bits per heavy atom. The molecule has 0 unspecified atom stereocenters. The van der Waals surface area contributed by atoms with Crippen molar-refractivity contribution in [3.63, 3.8) is 0 Å². The van der Waals surface area contributed by atoms with Crippen molar-refractivity contribution in [3.05, 3.63) is 98.8 Å². The average molecular weight is 443 g/mol. The van der Waals surface area contributed by atoms with Gasteiger partial charge in [-0.15, -0.1) is 0 Å². The number of hydrogen-bond donors (Lipinski definition) is 1. The van der Waals surface area contributed by atoms with Crippen molar-refractivity contribution in [1.82, 2.24) is 0 Å². The molecular formula is C22H16ClFN2O5. The summed E-state index contributed by atoms with van der Waals surface area (Å²) >= 11 is 5.98. The fraction of sp³-hybridized carbons (Fsp3) is 0.0909. The van der Waals surface area contributed by atoms with Gasteiger partial charge in [-0.25, -0.2) is 4.39 Å². The second-order valence-corrected chi connectivity index (χ2v) is 6.94. The average Bonchev–Trinajstić information content (AvgIpc) is 2.75. The molecule has 0 radical (unpaired) electrons. The van der Waals surface area contributed by atoms with Crippen LogP contribution in [0.5, 0.6) is 5.75 Å². The summed E-state index contributed by atoms with van der Waals surface area (Å²) in [5, 5.41) is 13.3. The highest BCUT2D eigenvalue weighted by molar-refractivity contribution is 6.34. The summed E-state index contributed by atoms with van der Waals surface area (Å²) in [6.45, 7) is 1.52. The second kappa shape index (κ2) is 9.36. The zero-order valence-electron chi connectivity index (χ0n) is 16.2. The molecule has 0 saturated carbocycles. The maximum absolute atomic E-state index is 13.0. The van der Waals surface area contributed by atoms with E-state index >= 15 is 0 Å². The first kappa shape index (κ1) is 21.9. The Labute approximate surface area is 181 Å². The smallest absolute Gasteiger partial charge is 0.271 e. The quantitative estimate of drug-likeness (QED) is 0.314. The largest absolute Gasteiger partial charge is 0.481 e. The molecule has 0 bridgehead atoms. The number of halogens is 2. The molecule has 0 fully saturated rings. The highest BCUT2D eigenvalue weighted by atomic mass is 35.5. The molecule has 0 aliphatic carbocycles. The van der Waals surface area contributed by atoms with Gasteiger partial charge in [0.1, 0.15) is 11.6 Å². The Hall–Kier alpha value is -3.78. The van der Waals surface area contributed by atoms with E-state index in [-0.39, 0.29) is 22.2 Å². The summed E-state index contributed by atoms with van der Waals surface area (Å²) in [5.41, 5.74) is 0.757. The lowest BCUT2D eigenvalue weighted by molar-refractivity contribution is -0.384. The van der Waals surface area contributed by atoms with Gasteiger partial charge in [0.2, 0.25) is 0 Å². The van der Waals surface area contributed by atoms with Crippen LogP contribution < -0.4 is 10.1 Å². The van der Waals surface area contributed by atoms with Gasteiger partial charge in [0.15, 0.2) is 11.9 Å². The number of amides is 1. The number of nitro benzene ring substituents is 1. The van der Waals surface area contributed by atoms with Crippen LogP contribution in [0.15, 0.2) is 66.7 Å². The molecule has 1 amide bonds. The normalized spacial score (nSPS) is 11.5. The van der Waals surface area contributed by atoms with E-state index in [1.165, 1.54) is 43.3 Å². The summed E-state index contributed by atoms with van der Waals surface area (Å²) in [5.74, 6) is -0.858. The van der Waals surface area contributed by atoms with Gasteiger partial charge in [0.25, 0.3) is 11.6 Å². The van der Waals surface area contributed by atoms with Crippen molar-refractivity contribution in [2.24, 2.45) is 0 Å². The van der Waals surface area contributed by atoms with E-state index < -0.39 is 22.8 Å². The van der Waals surface area contributed by atoms with E-state index in [9.17, 15) is 24.1 Å². The number of nitro groups is 1. The second-order valence-electron chi connectivity index (χ2n) is 6.53. The van der Waals surface area contributed by atoms with Crippen LogP contribution in [0.3, 0.4) is 0 Å². The highest BCUT2D eigenvalue weighted by Gasteiger charge is 2.18. The molecule has 0 aliphatic heterocycles. The molecule has 9 heteroatoms. The molecule has 0 saturated heterocycles. The van der Waals surface area contributed by atoms with Crippen molar-refractivity contribution >= 4 is 34.7 Å². The summed E-state index contributed by atoms with van der Waals surface area (Å²) in [4.78, 5) is 35.0. The van der Waals surface area contributed by atoms with Gasteiger partial charge in [0.05, 0.1) is 15.6 Å². The molecule has 1 N–H and O–H groups in total. The van der Waals surface area contributed by atoms with E-state index in [0.29, 0.717) is 16.9 Å². The Morgan fingerprint density at radius 1 is 1.03 bits per heavy atom. The van der Waals surface area contributed by atoms with Crippen molar-refractivity contribution in [2.75, 3.05) is 5.32 Å². The van der Waals surface area contributed by atoms with Crippen LogP contribution in [0, 0.1) is 15.9 Å². The van der Waals surface area contributed by atoms with Gasteiger partial charge in [-0.2, -0.15) is 0 Å². The third-order valence-corrected chi connectivity index (χ3v) is 4.64. The minimum atomic E-state index is -0.912. The standard InChI is InChI=1S/C22H16ClFN2O5/c1-13(22(28)25-20-11-8-17(26(29)30)12-19(20)23)31-18-9-4-15(5-10-18)21(27)14-2-6-16(24)7-3-14/h2-13H,1H3,(H,25,28)/t13-/m0/s1. The molecule has 0 aliphatic rings. The lowest BCUT2D eigenvalue weighted by Gasteiger charge is -2.15. The van der Waals surface area contributed by atoms with Crippen LogP contribution in [-0.2, 0) is 4.79 Å². The van der Waals surface area contributed by atoms with E-state index in [1.807, 2.05) is 0 Å². The lowest BCUT2D eigenvalue weighted by Crippen LogP contribution is -2.30. The summed E-state index contributed by atoms with van der Waals surface area (Å²) < 4.78 is 18.6. The van der Waals surface area contributed by atoms with Crippen molar-refractivity contribution in [3.8, 4) is 5.75 Å². The molecule has 0 heterocycles. The van der Waals surface area contributed by atoms with E-state index in [4.69, 9.17) is 16.3 Å². The number of nitrogens with zero attached hydrogens (tertiary/aromatic N) is 1. The van der Waals surface area contributed by atoms with Crippen LogP contribution in [0.2, 0.25) is 5.02 Å². The van der Waals surface area contributed by atoms with Crippen LogP contribution in [-0.4, -0.2) is 22.7 Å². The third kappa shape index (κ3) is 5.43.